The van der Waals surface area contributed by atoms with Gasteiger partial charge in [-0.3, -0.25) is 9.20 Å². The first-order valence-electron chi connectivity index (χ1n) is 9.40. The first-order chi connectivity index (χ1) is 14.8. The second-order valence-corrected chi connectivity index (χ2v) is 7.12. The van der Waals surface area contributed by atoms with Crippen LogP contribution in [0.3, 0.4) is 0 Å². The SMILES string of the molecule is Cc1cnc(N)c2c(-c3ccc(NC(=O)[C@@H](O)c4cccc(F)c4)c(F)c3)nc(C)n12. The van der Waals surface area contributed by atoms with Crippen LogP contribution < -0.4 is 11.1 Å². The Labute approximate surface area is 176 Å². The summed E-state index contributed by atoms with van der Waals surface area (Å²) in [7, 11) is 0. The van der Waals surface area contributed by atoms with E-state index in [4.69, 9.17) is 5.73 Å². The molecule has 7 nitrogen and oxygen atoms in total. The van der Waals surface area contributed by atoms with Crippen LogP contribution in [0.15, 0.2) is 48.7 Å². The Morgan fingerprint density at radius 2 is 1.97 bits per heavy atom. The van der Waals surface area contributed by atoms with Crippen molar-refractivity contribution in [1.29, 1.82) is 0 Å². The minimum absolute atomic E-state index is 0.0628. The number of imidazole rings is 1. The van der Waals surface area contributed by atoms with Gasteiger partial charge in [0.1, 0.15) is 34.5 Å². The van der Waals surface area contributed by atoms with Gasteiger partial charge in [-0.05, 0) is 43.7 Å². The number of nitrogens with one attached hydrogen (secondary N) is 1. The number of amides is 1. The monoisotopic (exact) mass is 423 g/mol. The average molecular weight is 423 g/mol. The van der Waals surface area contributed by atoms with E-state index in [9.17, 15) is 18.7 Å². The number of carbonyl (C=O) groups is 1. The Kier molecular flexibility index (Phi) is 5.12. The molecule has 4 N–H and O–H groups in total. The summed E-state index contributed by atoms with van der Waals surface area (Å²) in [6.07, 6.45) is -0.0208. The van der Waals surface area contributed by atoms with E-state index in [2.05, 4.69) is 15.3 Å². The number of aliphatic hydroxyl groups is 1. The van der Waals surface area contributed by atoms with Crippen LogP contribution in [0.2, 0.25) is 0 Å². The van der Waals surface area contributed by atoms with Gasteiger partial charge >= 0.3 is 0 Å². The average Bonchev–Trinajstić information content (AvgIpc) is 3.10. The van der Waals surface area contributed by atoms with Crippen molar-refractivity contribution in [2.24, 2.45) is 0 Å². The topological polar surface area (TPSA) is 106 Å². The molecule has 0 bridgehead atoms. The summed E-state index contributed by atoms with van der Waals surface area (Å²) >= 11 is 0. The maximum absolute atomic E-state index is 14.8. The molecule has 0 unspecified atom stereocenters. The first-order valence-corrected chi connectivity index (χ1v) is 9.40. The lowest BCUT2D eigenvalue weighted by molar-refractivity contribution is -0.124. The van der Waals surface area contributed by atoms with E-state index in [0.29, 0.717) is 22.6 Å². The molecule has 1 amide bonds. The summed E-state index contributed by atoms with van der Waals surface area (Å²) in [5, 5.41) is 12.5. The lowest BCUT2D eigenvalue weighted by Gasteiger charge is -2.13. The Morgan fingerprint density at radius 1 is 1.19 bits per heavy atom. The molecule has 0 aliphatic carbocycles. The smallest absolute Gasteiger partial charge is 0.257 e. The zero-order chi connectivity index (χ0) is 22.3. The van der Waals surface area contributed by atoms with Crippen molar-refractivity contribution in [1.82, 2.24) is 14.4 Å². The van der Waals surface area contributed by atoms with Gasteiger partial charge in [0.25, 0.3) is 5.91 Å². The van der Waals surface area contributed by atoms with Gasteiger partial charge in [-0.2, -0.15) is 0 Å². The largest absolute Gasteiger partial charge is 0.382 e. The van der Waals surface area contributed by atoms with Crippen molar-refractivity contribution in [3.63, 3.8) is 0 Å². The summed E-state index contributed by atoms with van der Waals surface area (Å²) in [6.45, 7) is 3.67. The number of carbonyl (C=O) groups excluding carboxylic acids is 1. The highest BCUT2D eigenvalue weighted by molar-refractivity contribution is 5.95. The minimum Gasteiger partial charge on any atom is -0.382 e. The van der Waals surface area contributed by atoms with Crippen LogP contribution in [-0.2, 0) is 4.79 Å². The number of benzene rings is 2. The Morgan fingerprint density at radius 3 is 2.68 bits per heavy atom. The number of anilines is 2. The fraction of sp³-hybridized carbons (Fsp3) is 0.136. The van der Waals surface area contributed by atoms with Gasteiger partial charge in [-0.1, -0.05) is 18.2 Å². The van der Waals surface area contributed by atoms with Gasteiger partial charge in [0.15, 0.2) is 6.10 Å². The van der Waals surface area contributed by atoms with Crippen LogP contribution in [0.25, 0.3) is 16.8 Å². The lowest BCUT2D eigenvalue weighted by Crippen LogP contribution is -2.21. The van der Waals surface area contributed by atoms with Crippen molar-refractivity contribution in [3.05, 3.63) is 77.4 Å². The van der Waals surface area contributed by atoms with Crippen LogP contribution in [0.4, 0.5) is 20.3 Å². The second kappa shape index (κ2) is 7.77. The van der Waals surface area contributed by atoms with Crippen LogP contribution in [-0.4, -0.2) is 25.4 Å². The number of aromatic nitrogens is 3. The molecule has 31 heavy (non-hydrogen) atoms. The van der Waals surface area contributed by atoms with Gasteiger partial charge in [0, 0.05) is 17.5 Å². The molecular formula is C22H19F2N5O2. The zero-order valence-electron chi connectivity index (χ0n) is 16.7. The fourth-order valence-electron chi connectivity index (χ4n) is 3.48. The summed E-state index contributed by atoms with van der Waals surface area (Å²) in [5.74, 6) is -1.27. The molecule has 2 aromatic heterocycles. The number of rotatable bonds is 4. The molecule has 0 aliphatic rings. The predicted molar refractivity (Wildman–Crippen MR) is 112 cm³/mol. The number of hydrogen-bond donors (Lipinski definition) is 3. The van der Waals surface area contributed by atoms with E-state index < -0.39 is 23.6 Å². The summed E-state index contributed by atoms with van der Waals surface area (Å²) in [5.41, 5.74) is 8.27. The Hall–Kier alpha value is -3.85. The quantitative estimate of drug-likeness (QED) is 0.466. The number of aryl methyl sites for hydroxylation is 2. The number of fused-ring (bicyclic) bond motifs is 1. The number of nitrogens with two attached hydrogens (primary N) is 1. The molecule has 0 spiro atoms. The number of hydrogen-bond acceptors (Lipinski definition) is 5. The summed E-state index contributed by atoms with van der Waals surface area (Å²) < 4.78 is 29.9. The van der Waals surface area contributed by atoms with Crippen molar-refractivity contribution in [2.45, 2.75) is 20.0 Å². The molecule has 9 heteroatoms. The van der Waals surface area contributed by atoms with Crippen LogP contribution in [0, 0.1) is 25.5 Å². The molecule has 0 saturated heterocycles. The normalized spacial score (nSPS) is 12.2. The molecule has 158 valence electrons. The maximum Gasteiger partial charge on any atom is 0.257 e. The highest BCUT2D eigenvalue weighted by atomic mass is 19.1. The molecule has 2 heterocycles. The third-order valence-corrected chi connectivity index (χ3v) is 4.94. The summed E-state index contributed by atoms with van der Waals surface area (Å²) in [6, 6.07) is 9.16. The van der Waals surface area contributed by atoms with Crippen molar-refractivity contribution in [2.75, 3.05) is 11.1 Å². The van der Waals surface area contributed by atoms with Gasteiger partial charge in [0.2, 0.25) is 0 Å². The van der Waals surface area contributed by atoms with Crippen molar-refractivity contribution in [3.8, 4) is 11.3 Å². The highest BCUT2D eigenvalue weighted by Crippen LogP contribution is 2.31. The predicted octanol–water partition coefficient (Wildman–Crippen LogP) is 3.55. The number of halogens is 2. The second-order valence-electron chi connectivity index (χ2n) is 7.12. The van der Waals surface area contributed by atoms with Gasteiger partial charge in [-0.15, -0.1) is 0 Å². The molecule has 4 rings (SSSR count). The van der Waals surface area contributed by atoms with Crippen LogP contribution in [0.5, 0.6) is 0 Å². The number of aliphatic hydroxyl groups excluding tert-OH is 1. The lowest BCUT2D eigenvalue weighted by atomic mass is 10.1. The van der Waals surface area contributed by atoms with E-state index in [1.54, 1.807) is 12.3 Å². The van der Waals surface area contributed by atoms with E-state index in [1.807, 2.05) is 18.2 Å². The molecule has 0 fully saturated rings. The third kappa shape index (κ3) is 3.71. The molecular weight excluding hydrogens is 404 g/mol. The fourth-order valence-corrected chi connectivity index (χ4v) is 3.48. The van der Waals surface area contributed by atoms with Crippen LogP contribution in [0.1, 0.15) is 23.2 Å². The van der Waals surface area contributed by atoms with E-state index in [-0.39, 0.29) is 17.1 Å². The standard InChI is InChI=1S/C22H19F2N5O2/c1-11-10-26-21(25)19-18(27-12(2)29(11)19)13-6-7-17(16(24)9-13)28-22(31)20(30)14-4-3-5-15(23)8-14/h3-10,20,30H,1-2H3,(H2,25,26)(H,28,31)/t20-/m0/s1. The van der Waals surface area contributed by atoms with Gasteiger partial charge in [0.05, 0.1) is 5.69 Å². The van der Waals surface area contributed by atoms with Gasteiger partial charge < -0.3 is 16.2 Å². The minimum atomic E-state index is -1.65. The van der Waals surface area contributed by atoms with E-state index in [0.717, 1.165) is 11.8 Å². The van der Waals surface area contributed by atoms with E-state index >= 15 is 0 Å². The summed E-state index contributed by atoms with van der Waals surface area (Å²) in [4.78, 5) is 21.0. The molecule has 1 atom stereocenters. The first kappa shape index (κ1) is 20.4. The molecule has 2 aromatic carbocycles. The van der Waals surface area contributed by atoms with Crippen LogP contribution >= 0.6 is 0 Å². The third-order valence-electron chi connectivity index (χ3n) is 4.94. The zero-order valence-corrected chi connectivity index (χ0v) is 16.7. The van der Waals surface area contributed by atoms with Gasteiger partial charge in [-0.25, -0.2) is 18.7 Å². The van der Waals surface area contributed by atoms with E-state index in [1.165, 1.54) is 30.3 Å². The van der Waals surface area contributed by atoms with Crippen molar-refractivity contribution >= 4 is 22.9 Å². The molecule has 0 aliphatic heterocycles. The van der Waals surface area contributed by atoms with Crippen molar-refractivity contribution < 1.29 is 18.7 Å². The Balaban J connectivity index is 1.64. The maximum atomic E-state index is 14.8. The number of nitrogen functional groups attached to an aromatic ring is 1. The molecule has 0 saturated carbocycles. The highest BCUT2D eigenvalue weighted by Gasteiger charge is 2.21. The molecule has 0 radical (unpaired) electrons. The Bertz CT molecular complexity index is 1320. The molecule has 4 aromatic rings. The number of nitrogens with zero attached hydrogens (tertiary/aromatic N) is 3.